The van der Waals surface area contributed by atoms with Gasteiger partial charge in [-0.3, -0.25) is 0 Å². The van der Waals surface area contributed by atoms with Crippen molar-refractivity contribution in [2.45, 2.75) is 44.6 Å². The molecule has 3 heteroatoms. The Balaban J connectivity index is 1.92. The molecule has 1 aromatic rings. The minimum atomic E-state index is -0.503. The lowest BCUT2D eigenvalue weighted by molar-refractivity contribution is 0.358. The molecule has 1 aromatic carbocycles. The molecular formula is C15H21F2N. The van der Waals surface area contributed by atoms with E-state index in [4.69, 9.17) is 0 Å². The zero-order chi connectivity index (χ0) is 13.0. The van der Waals surface area contributed by atoms with Gasteiger partial charge in [0.05, 0.1) is 0 Å². The highest BCUT2D eigenvalue weighted by Crippen LogP contribution is 2.29. The zero-order valence-corrected chi connectivity index (χ0v) is 10.9. The van der Waals surface area contributed by atoms with E-state index >= 15 is 0 Å². The van der Waals surface area contributed by atoms with Crippen LogP contribution in [0.25, 0.3) is 0 Å². The summed E-state index contributed by atoms with van der Waals surface area (Å²) in [4.78, 5) is 0. The van der Waals surface area contributed by atoms with Gasteiger partial charge in [-0.2, -0.15) is 0 Å². The fraction of sp³-hybridized carbons (Fsp3) is 0.600. The molecule has 0 amide bonds. The molecule has 0 bridgehead atoms. The highest BCUT2D eigenvalue weighted by Gasteiger charge is 2.23. The smallest absolute Gasteiger partial charge is 0.129 e. The second-order valence-electron chi connectivity index (χ2n) is 5.21. The van der Waals surface area contributed by atoms with Crippen LogP contribution in [0.1, 0.15) is 37.7 Å². The Labute approximate surface area is 108 Å². The van der Waals surface area contributed by atoms with Crippen molar-refractivity contribution in [3.63, 3.8) is 0 Å². The standard InChI is InChI=1S/C15H21F2N/c1-18-15(12-4-2-3-5-12)9-7-11-6-8-13(16)10-14(11)17/h6,8,10,12,15,18H,2-5,7,9H2,1H3. The van der Waals surface area contributed by atoms with Crippen molar-refractivity contribution < 1.29 is 8.78 Å². The van der Waals surface area contributed by atoms with Gasteiger partial charge in [0, 0.05) is 12.1 Å². The fourth-order valence-corrected chi connectivity index (χ4v) is 3.01. The second kappa shape index (κ2) is 6.28. The van der Waals surface area contributed by atoms with Gasteiger partial charge in [0.1, 0.15) is 11.6 Å². The minimum Gasteiger partial charge on any atom is -0.317 e. The topological polar surface area (TPSA) is 12.0 Å². The lowest BCUT2D eigenvalue weighted by Gasteiger charge is -2.23. The number of rotatable bonds is 5. The predicted octanol–water partition coefficient (Wildman–Crippen LogP) is 3.68. The third-order valence-corrected chi connectivity index (χ3v) is 4.08. The van der Waals surface area contributed by atoms with Gasteiger partial charge < -0.3 is 5.32 Å². The predicted molar refractivity (Wildman–Crippen MR) is 69.5 cm³/mol. The lowest BCUT2D eigenvalue weighted by Crippen LogP contribution is -2.32. The second-order valence-corrected chi connectivity index (χ2v) is 5.21. The summed E-state index contributed by atoms with van der Waals surface area (Å²) in [7, 11) is 1.98. The highest BCUT2D eigenvalue weighted by molar-refractivity contribution is 5.18. The van der Waals surface area contributed by atoms with Crippen LogP contribution in [-0.4, -0.2) is 13.1 Å². The van der Waals surface area contributed by atoms with Gasteiger partial charge in [-0.05, 0) is 50.3 Å². The van der Waals surface area contributed by atoms with Gasteiger partial charge in [0.15, 0.2) is 0 Å². The summed E-state index contributed by atoms with van der Waals surface area (Å²) >= 11 is 0. The molecular weight excluding hydrogens is 232 g/mol. The van der Waals surface area contributed by atoms with Crippen LogP contribution in [0.5, 0.6) is 0 Å². The molecule has 1 saturated carbocycles. The van der Waals surface area contributed by atoms with Gasteiger partial charge in [-0.25, -0.2) is 8.78 Å². The molecule has 1 unspecified atom stereocenters. The molecule has 1 nitrogen and oxygen atoms in total. The number of hydrogen-bond donors (Lipinski definition) is 1. The maximum absolute atomic E-state index is 13.5. The van der Waals surface area contributed by atoms with E-state index in [1.54, 1.807) is 6.07 Å². The van der Waals surface area contributed by atoms with Crippen molar-refractivity contribution in [3.05, 3.63) is 35.4 Å². The van der Waals surface area contributed by atoms with Crippen molar-refractivity contribution in [3.8, 4) is 0 Å². The third kappa shape index (κ3) is 3.29. The van der Waals surface area contributed by atoms with E-state index in [1.165, 1.54) is 31.7 Å². The summed E-state index contributed by atoms with van der Waals surface area (Å²) in [6, 6.07) is 4.32. The fourth-order valence-electron chi connectivity index (χ4n) is 3.01. The summed E-state index contributed by atoms with van der Waals surface area (Å²) in [5.74, 6) is -0.202. The van der Waals surface area contributed by atoms with Crippen LogP contribution in [0.4, 0.5) is 8.78 Å². The van der Waals surface area contributed by atoms with E-state index in [0.717, 1.165) is 18.4 Å². The first-order valence-electron chi connectivity index (χ1n) is 6.82. The van der Waals surface area contributed by atoms with Crippen LogP contribution in [0.3, 0.4) is 0 Å². The maximum atomic E-state index is 13.5. The monoisotopic (exact) mass is 253 g/mol. The number of halogens is 2. The number of hydrogen-bond acceptors (Lipinski definition) is 1. The number of benzene rings is 1. The molecule has 0 aliphatic heterocycles. The molecule has 1 N–H and O–H groups in total. The third-order valence-electron chi connectivity index (χ3n) is 4.08. The zero-order valence-electron chi connectivity index (χ0n) is 10.9. The van der Waals surface area contributed by atoms with Crippen LogP contribution in [0, 0.1) is 17.6 Å². The summed E-state index contributed by atoms with van der Waals surface area (Å²) in [6.45, 7) is 0. The average molecular weight is 253 g/mol. The Hall–Kier alpha value is -0.960. The highest BCUT2D eigenvalue weighted by atomic mass is 19.1. The molecule has 100 valence electrons. The van der Waals surface area contributed by atoms with Crippen molar-refractivity contribution in [1.29, 1.82) is 0 Å². The van der Waals surface area contributed by atoms with Gasteiger partial charge in [0.2, 0.25) is 0 Å². The van der Waals surface area contributed by atoms with Crippen LogP contribution in [0.15, 0.2) is 18.2 Å². The van der Waals surface area contributed by atoms with Crippen molar-refractivity contribution >= 4 is 0 Å². The van der Waals surface area contributed by atoms with Crippen molar-refractivity contribution in [2.24, 2.45) is 5.92 Å². The van der Waals surface area contributed by atoms with E-state index in [0.29, 0.717) is 18.0 Å². The van der Waals surface area contributed by atoms with E-state index in [-0.39, 0.29) is 0 Å². The molecule has 0 saturated heterocycles. The maximum Gasteiger partial charge on any atom is 0.129 e. The minimum absolute atomic E-state index is 0.420. The van der Waals surface area contributed by atoms with Gasteiger partial charge in [-0.1, -0.05) is 18.9 Å². The first kappa shape index (κ1) is 13.5. The summed E-state index contributed by atoms with van der Waals surface area (Å²) in [5.41, 5.74) is 0.620. The summed E-state index contributed by atoms with van der Waals surface area (Å²) < 4.78 is 26.3. The normalized spacial score (nSPS) is 18.2. The largest absolute Gasteiger partial charge is 0.317 e. The molecule has 1 atom stereocenters. The Morgan fingerprint density at radius 2 is 2.00 bits per heavy atom. The van der Waals surface area contributed by atoms with Gasteiger partial charge >= 0.3 is 0 Å². The summed E-state index contributed by atoms with van der Waals surface area (Å²) in [5, 5.41) is 3.35. The van der Waals surface area contributed by atoms with E-state index in [1.807, 2.05) is 7.05 Å². The van der Waals surface area contributed by atoms with Crippen LogP contribution in [0.2, 0.25) is 0 Å². The van der Waals surface area contributed by atoms with E-state index in [2.05, 4.69) is 5.32 Å². The van der Waals surface area contributed by atoms with Gasteiger partial charge in [0.25, 0.3) is 0 Å². The van der Waals surface area contributed by atoms with Gasteiger partial charge in [-0.15, -0.1) is 0 Å². The van der Waals surface area contributed by atoms with E-state index < -0.39 is 11.6 Å². The van der Waals surface area contributed by atoms with Crippen LogP contribution in [-0.2, 0) is 6.42 Å². The Bertz CT molecular complexity index is 386. The molecule has 0 heterocycles. The Morgan fingerprint density at radius 3 is 2.61 bits per heavy atom. The molecule has 2 rings (SSSR count). The first-order chi connectivity index (χ1) is 8.70. The molecule has 1 aliphatic carbocycles. The molecule has 0 radical (unpaired) electrons. The van der Waals surface area contributed by atoms with Crippen LogP contribution < -0.4 is 5.32 Å². The molecule has 1 aliphatic rings. The molecule has 0 aromatic heterocycles. The summed E-state index contributed by atoms with van der Waals surface area (Å²) in [6.07, 6.45) is 6.77. The van der Waals surface area contributed by atoms with Crippen molar-refractivity contribution in [1.82, 2.24) is 5.32 Å². The SMILES string of the molecule is CNC(CCc1ccc(F)cc1F)C1CCCC1. The van der Waals surface area contributed by atoms with E-state index in [9.17, 15) is 8.78 Å². The quantitative estimate of drug-likeness (QED) is 0.844. The molecule has 0 spiro atoms. The Morgan fingerprint density at radius 1 is 1.28 bits per heavy atom. The Kier molecular flexibility index (Phi) is 4.70. The number of nitrogens with one attached hydrogen (secondary N) is 1. The first-order valence-corrected chi connectivity index (χ1v) is 6.82. The van der Waals surface area contributed by atoms with Crippen molar-refractivity contribution in [2.75, 3.05) is 7.05 Å². The van der Waals surface area contributed by atoms with Crippen LogP contribution >= 0.6 is 0 Å². The molecule has 1 fully saturated rings. The molecule has 18 heavy (non-hydrogen) atoms. The lowest BCUT2D eigenvalue weighted by atomic mass is 9.92. The average Bonchev–Trinajstić information content (AvgIpc) is 2.86. The number of aryl methyl sites for hydroxylation is 1.